The summed E-state index contributed by atoms with van der Waals surface area (Å²) in [5.41, 5.74) is 7.64. The summed E-state index contributed by atoms with van der Waals surface area (Å²) < 4.78 is 0. The number of thiophene rings is 1. The Morgan fingerprint density at radius 2 is 1.95 bits per heavy atom. The molecule has 22 heavy (non-hydrogen) atoms. The van der Waals surface area contributed by atoms with E-state index < -0.39 is 0 Å². The molecule has 0 amide bonds. The van der Waals surface area contributed by atoms with Gasteiger partial charge in [-0.2, -0.15) is 0 Å². The molecule has 0 unspecified atom stereocenters. The van der Waals surface area contributed by atoms with Crippen LogP contribution in [-0.4, -0.2) is 40.3 Å². The highest BCUT2D eigenvalue weighted by molar-refractivity contribution is 7.99. The van der Waals surface area contributed by atoms with Crippen molar-refractivity contribution in [2.24, 2.45) is 0 Å². The summed E-state index contributed by atoms with van der Waals surface area (Å²) in [6.45, 7) is 3.63. The van der Waals surface area contributed by atoms with Crippen LogP contribution in [0.3, 0.4) is 0 Å². The molecular weight excluding hydrogens is 312 g/mol. The second-order valence-electron chi connectivity index (χ2n) is 6.18. The van der Waals surface area contributed by atoms with Gasteiger partial charge in [0.2, 0.25) is 0 Å². The summed E-state index contributed by atoms with van der Waals surface area (Å²) >= 11 is 3.57. The number of nitrogens with zero attached hydrogens (tertiary/aromatic N) is 3. The minimum absolute atomic E-state index is 0.685. The minimum atomic E-state index is 0.685. The van der Waals surface area contributed by atoms with E-state index in [2.05, 4.69) is 9.88 Å². The van der Waals surface area contributed by atoms with E-state index in [0.717, 1.165) is 34.1 Å². The van der Waals surface area contributed by atoms with Crippen LogP contribution in [-0.2, 0) is 12.8 Å². The Labute approximate surface area is 139 Å². The second-order valence-corrected chi connectivity index (χ2v) is 8.33. The van der Waals surface area contributed by atoms with E-state index in [1.165, 1.54) is 55.6 Å². The maximum Gasteiger partial charge on any atom is 0.190 e. The van der Waals surface area contributed by atoms with E-state index in [0.29, 0.717) is 5.82 Å². The molecule has 0 radical (unpaired) electrons. The number of hydrogen-bond acceptors (Lipinski definition) is 6. The lowest BCUT2D eigenvalue weighted by Crippen LogP contribution is -2.31. The van der Waals surface area contributed by atoms with Crippen molar-refractivity contribution in [1.29, 1.82) is 0 Å². The van der Waals surface area contributed by atoms with Gasteiger partial charge in [-0.3, -0.25) is 0 Å². The molecule has 1 aliphatic heterocycles. The molecule has 0 saturated carbocycles. The molecular formula is C16H22N4S2. The fourth-order valence-electron chi connectivity index (χ4n) is 3.52. The Morgan fingerprint density at radius 3 is 2.82 bits per heavy atom. The lowest BCUT2D eigenvalue weighted by atomic mass is 10.1. The summed E-state index contributed by atoms with van der Waals surface area (Å²) in [4.78, 5) is 14.4. The summed E-state index contributed by atoms with van der Waals surface area (Å²) in [6, 6.07) is 0. The lowest BCUT2D eigenvalue weighted by molar-refractivity contribution is 0.242. The quantitative estimate of drug-likeness (QED) is 0.686. The van der Waals surface area contributed by atoms with Crippen molar-refractivity contribution in [1.82, 2.24) is 14.9 Å². The number of piperidine rings is 1. The molecule has 2 N–H and O–H groups in total. The highest BCUT2D eigenvalue weighted by Gasteiger charge is 2.21. The zero-order valence-corrected chi connectivity index (χ0v) is 14.4. The number of aromatic nitrogens is 2. The van der Waals surface area contributed by atoms with Crippen LogP contribution in [0.15, 0.2) is 5.16 Å². The van der Waals surface area contributed by atoms with Crippen LogP contribution in [0.5, 0.6) is 0 Å². The molecule has 2 aliphatic rings. The van der Waals surface area contributed by atoms with Crippen LogP contribution < -0.4 is 5.73 Å². The first-order valence-corrected chi connectivity index (χ1v) is 10.0. The Bertz CT molecular complexity index is 676. The molecule has 2 aromatic rings. The molecule has 6 heteroatoms. The lowest BCUT2D eigenvalue weighted by Gasteiger charge is -2.25. The molecule has 1 aliphatic carbocycles. The average molecular weight is 335 g/mol. The van der Waals surface area contributed by atoms with Gasteiger partial charge in [0.05, 0.1) is 5.39 Å². The third kappa shape index (κ3) is 2.84. The number of aryl methyl sites for hydroxylation is 2. The number of likely N-dealkylation sites (tertiary alicyclic amines) is 1. The number of nitrogens with two attached hydrogens (primary N) is 1. The molecule has 1 saturated heterocycles. The van der Waals surface area contributed by atoms with Gasteiger partial charge >= 0.3 is 0 Å². The summed E-state index contributed by atoms with van der Waals surface area (Å²) in [5.74, 6) is 1.74. The van der Waals surface area contributed by atoms with Crippen LogP contribution in [0.25, 0.3) is 10.2 Å². The van der Waals surface area contributed by atoms with Gasteiger partial charge in [-0.05, 0) is 50.8 Å². The van der Waals surface area contributed by atoms with Crippen molar-refractivity contribution in [2.75, 3.05) is 31.1 Å². The number of hydrogen-bond donors (Lipinski definition) is 1. The SMILES string of the molecule is Nc1nc(SCCN2CCCCC2)nc2sc3c(c12)CCC3. The van der Waals surface area contributed by atoms with Crippen molar-refractivity contribution < 1.29 is 0 Å². The van der Waals surface area contributed by atoms with Crippen LogP contribution in [0.1, 0.15) is 36.1 Å². The van der Waals surface area contributed by atoms with Gasteiger partial charge in [0.15, 0.2) is 5.16 Å². The Morgan fingerprint density at radius 1 is 1.09 bits per heavy atom. The topological polar surface area (TPSA) is 55.0 Å². The van der Waals surface area contributed by atoms with Crippen molar-refractivity contribution in [3.63, 3.8) is 0 Å². The van der Waals surface area contributed by atoms with Crippen LogP contribution >= 0.6 is 23.1 Å². The fraction of sp³-hybridized carbons (Fsp3) is 0.625. The molecule has 0 atom stereocenters. The third-order valence-corrected chi connectivity index (χ3v) is 6.67. The molecule has 0 aromatic carbocycles. The molecule has 1 fully saturated rings. The van der Waals surface area contributed by atoms with Crippen molar-refractivity contribution in [3.8, 4) is 0 Å². The first-order chi connectivity index (χ1) is 10.8. The number of nitrogen functional groups attached to an aromatic ring is 1. The van der Waals surface area contributed by atoms with Crippen LogP contribution in [0, 0.1) is 0 Å². The van der Waals surface area contributed by atoms with Crippen molar-refractivity contribution in [3.05, 3.63) is 10.4 Å². The maximum atomic E-state index is 6.22. The maximum absolute atomic E-state index is 6.22. The van der Waals surface area contributed by atoms with Gasteiger partial charge in [-0.25, -0.2) is 9.97 Å². The summed E-state index contributed by atoms with van der Waals surface area (Å²) in [7, 11) is 0. The zero-order chi connectivity index (χ0) is 14.9. The van der Waals surface area contributed by atoms with Crippen LogP contribution in [0.4, 0.5) is 5.82 Å². The molecule has 0 spiro atoms. The highest BCUT2D eigenvalue weighted by Crippen LogP contribution is 2.39. The summed E-state index contributed by atoms with van der Waals surface area (Å²) in [5, 5.41) is 1.99. The molecule has 0 bridgehead atoms. The first-order valence-electron chi connectivity index (χ1n) is 8.24. The van der Waals surface area contributed by atoms with E-state index in [1.54, 1.807) is 11.8 Å². The normalized spacial score (nSPS) is 18.9. The molecule has 4 nitrogen and oxygen atoms in total. The van der Waals surface area contributed by atoms with E-state index in [-0.39, 0.29) is 0 Å². The van der Waals surface area contributed by atoms with Gasteiger partial charge in [0, 0.05) is 17.2 Å². The molecule has 4 rings (SSSR count). The van der Waals surface area contributed by atoms with E-state index in [9.17, 15) is 0 Å². The smallest absolute Gasteiger partial charge is 0.190 e. The number of anilines is 1. The zero-order valence-electron chi connectivity index (χ0n) is 12.8. The minimum Gasteiger partial charge on any atom is -0.383 e. The Kier molecular flexibility index (Phi) is 4.24. The predicted molar refractivity (Wildman–Crippen MR) is 94.9 cm³/mol. The van der Waals surface area contributed by atoms with Gasteiger partial charge in [0.25, 0.3) is 0 Å². The van der Waals surface area contributed by atoms with Crippen molar-refractivity contribution in [2.45, 2.75) is 43.7 Å². The standard InChI is InChI=1S/C16H22N4S2/c17-14-13-11-5-4-6-12(11)22-15(13)19-16(18-14)21-10-9-20-7-2-1-3-8-20/h1-10H2,(H2,17,18,19). The average Bonchev–Trinajstić information content (AvgIpc) is 3.08. The highest BCUT2D eigenvalue weighted by atomic mass is 32.2. The van der Waals surface area contributed by atoms with Gasteiger partial charge in [-0.1, -0.05) is 18.2 Å². The monoisotopic (exact) mass is 334 g/mol. The van der Waals surface area contributed by atoms with Gasteiger partial charge < -0.3 is 10.6 Å². The first kappa shape index (κ1) is 14.7. The fourth-order valence-corrected chi connectivity index (χ4v) is 5.69. The summed E-state index contributed by atoms with van der Waals surface area (Å²) in [6.07, 6.45) is 7.67. The largest absolute Gasteiger partial charge is 0.383 e. The Hall–Kier alpha value is -0.850. The second kappa shape index (κ2) is 6.34. The van der Waals surface area contributed by atoms with E-state index in [4.69, 9.17) is 10.7 Å². The number of fused-ring (bicyclic) bond motifs is 3. The third-order valence-electron chi connectivity index (χ3n) is 4.66. The molecule has 118 valence electrons. The number of rotatable bonds is 4. The van der Waals surface area contributed by atoms with Gasteiger partial charge in [0.1, 0.15) is 10.6 Å². The molecule has 2 aromatic heterocycles. The molecule has 3 heterocycles. The van der Waals surface area contributed by atoms with Gasteiger partial charge in [-0.15, -0.1) is 11.3 Å². The predicted octanol–water partition coefficient (Wildman–Crippen LogP) is 3.34. The van der Waals surface area contributed by atoms with Crippen molar-refractivity contribution >= 4 is 39.1 Å². The number of thioether (sulfide) groups is 1. The Balaban J connectivity index is 1.46. The van der Waals surface area contributed by atoms with E-state index >= 15 is 0 Å². The van der Waals surface area contributed by atoms with E-state index in [1.807, 2.05) is 11.3 Å². The van der Waals surface area contributed by atoms with Crippen LogP contribution in [0.2, 0.25) is 0 Å².